The van der Waals surface area contributed by atoms with Gasteiger partial charge in [-0.05, 0) is 45.2 Å². The van der Waals surface area contributed by atoms with Gasteiger partial charge in [-0.1, -0.05) is 0 Å². The average molecular weight is 243 g/mol. The van der Waals surface area contributed by atoms with E-state index in [1.165, 1.54) is 0 Å². The maximum absolute atomic E-state index is 11.1. The number of nitrogens with two attached hydrogens (primary N) is 2. The number of hydrogen-bond acceptors (Lipinski definition) is 4. The van der Waals surface area contributed by atoms with Crippen LogP contribution in [0.1, 0.15) is 26.2 Å². The molecule has 1 aliphatic rings. The van der Waals surface area contributed by atoms with Crippen LogP contribution in [0.2, 0.25) is 0 Å². The molecule has 1 fully saturated rings. The SMILES string of the molecule is COCC1CCN(CCC(C)(N)C(N)=O)CC1. The fourth-order valence-electron chi connectivity index (χ4n) is 2.13. The zero-order chi connectivity index (χ0) is 12.9. The Hall–Kier alpha value is -0.650. The first-order valence-electron chi connectivity index (χ1n) is 6.26. The summed E-state index contributed by atoms with van der Waals surface area (Å²) in [4.78, 5) is 13.4. The maximum atomic E-state index is 11.1. The smallest absolute Gasteiger partial charge is 0.237 e. The molecule has 1 aliphatic heterocycles. The largest absolute Gasteiger partial charge is 0.384 e. The minimum Gasteiger partial charge on any atom is -0.384 e. The molecule has 1 saturated heterocycles. The van der Waals surface area contributed by atoms with Crippen molar-refractivity contribution >= 4 is 5.91 Å². The Kier molecular flexibility index (Phi) is 5.36. The number of amides is 1. The van der Waals surface area contributed by atoms with Gasteiger partial charge in [-0.2, -0.15) is 0 Å². The van der Waals surface area contributed by atoms with E-state index in [-0.39, 0.29) is 0 Å². The molecule has 0 aliphatic carbocycles. The Balaban J connectivity index is 2.25. The Morgan fingerprint density at radius 1 is 1.47 bits per heavy atom. The Labute approximate surface area is 103 Å². The molecule has 100 valence electrons. The van der Waals surface area contributed by atoms with Crippen LogP contribution in [-0.4, -0.2) is 49.7 Å². The molecule has 1 amide bonds. The third kappa shape index (κ3) is 4.61. The molecule has 1 heterocycles. The van der Waals surface area contributed by atoms with Crippen molar-refractivity contribution in [3.8, 4) is 0 Å². The molecule has 17 heavy (non-hydrogen) atoms. The minimum atomic E-state index is -0.886. The van der Waals surface area contributed by atoms with E-state index in [0.29, 0.717) is 12.3 Å². The zero-order valence-electron chi connectivity index (χ0n) is 10.9. The van der Waals surface area contributed by atoms with E-state index in [0.717, 1.165) is 39.1 Å². The molecule has 1 unspecified atom stereocenters. The lowest BCUT2D eigenvalue weighted by Crippen LogP contribution is -2.51. The highest BCUT2D eigenvalue weighted by Gasteiger charge is 2.27. The van der Waals surface area contributed by atoms with Crippen molar-refractivity contribution in [3.63, 3.8) is 0 Å². The summed E-state index contributed by atoms with van der Waals surface area (Å²) in [5, 5.41) is 0. The van der Waals surface area contributed by atoms with Gasteiger partial charge in [0.25, 0.3) is 0 Å². The molecule has 0 bridgehead atoms. The van der Waals surface area contributed by atoms with Crippen LogP contribution in [0.15, 0.2) is 0 Å². The van der Waals surface area contributed by atoms with Crippen LogP contribution in [0, 0.1) is 5.92 Å². The molecule has 0 spiro atoms. The molecule has 4 N–H and O–H groups in total. The highest BCUT2D eigenvalue weighted by Crippen LogP contribution is 2.18. The number of nitrogens with zero attached hydrogens (tertiary/aromatic N) is 1. The van der Waals surface area contributed by atoms with Crippen molar-refractivity contribution in [3.05, 3.63) is 0 Å². The number of piperidine rings is 1. The second-order valence-corrected chi connectivity index (χ2v) is 5.27. The monoisotopic (exact) mass is 243 g/mol. The van der Waals surface area contributed by atoms with Gasteiger partial charge in [0.05, 0.1) is 5.54 Å². The van der Waals surface area contributed by atoms with Crippen LogP contribution in [0.4, 0.5) is 0 Å². The van der Waals surface area contributed by atoms with Crippen LogP contribution in [0.5, 0.6) is 0 Å². The third-order valence-corrected chi connectivity index (χ3v) is 3.62. The number of rotatable bonds is 6. The average Bonchev–Trinajstić information content (AvgIpc) is 2.28. The predicted molar refractivity (Wildman–Crippen MR) is 67.4 cm³/mol. The summed E-state index contributed by atoms with van der Waals surface area (Å²) in [6, 6.07) is 0. The maximum Gasteiger partial charge on any atom is 0.237 e. The molecular formula is C12H25N3O2. The van der Waals surface area contributed by atoms with Crippen LogP contribution in [0.3, 0.4) is 0 Å². The van der Waals surface area contributed by atoms with Crippen molar-refractivity contribution in [2.75, 3.05) is 33.4 Å². The molecule has 1 rings (SSSR count). The van der Waals surface area contributed by atoms with E-state index < -0.39 is 11.4 Å². The fourth-order valence-corrected chi connectivity index (χ4v) is 2.13. The number of likely N-dealkylation sites (tertiary alicyclic amines) is 1. The first-order valence-corrected chi connectivity index (χ1v) is 6.26. The second-order valence-electron chi connectivity index (χ2n) is 5.27. The lowest BCUT2D eigenvalue weighted by atomic mass is 9.95. The highest BCUT2D eigenvalue weighted by atomic mass is 16.5. The van der Waals surface area contributed by atoms with Crippen molar-refractivity contribution in [1.82, 2.24) is 4.90 Å². The second kappa shape index (κ2) is 6.33. The molecule has 0 aromatic carbocycles. The molecule has 0 aromatic heterocycles. The van der Waals surface area contributed by atoms with Crippen LogP contribution in [0.25, 0.3) is 0 Å². The van der Waals surface area contributed by atoms with E-state index in [4.69, 9.17) is 16.2 Å². The molecular weight excluding hydrogens is 218 g/mol. The number of hydrogen-bond donors (Lipinski definition) is 2. The first-order chi connectivity index (χ1) is 7.95. The van der Waals surface area contributed by atoms with Crippen molar-refractivity contribution in [2.24, 2.45) is 17.4 Å². The zero-order valence-corrected chi connectivity index (χ0v) is 10.9. The van der Waals surface area contributed by atoms with Crippen LogP contribution >= 0.6 is 0 Å². The van der Waals surface area contributed by atoms with Crippen molar-refractivity contribution in [2.45, 2.75) is 31.7 Å². The highest BCUT2D eigenvalue weighted by molar-refractivity contribution is 5.83. The summed E-state index contributed by atoms with van der Waals surface area (Å²) in [6.07, 6.45) is 2.94. The van der Waals surface area contributed by atoms with Gasteiger partial charge in [-0.25, -0.2) is 0 Å². The number of methoxy groups -OCH3 is 1. The summed E-state index contributed by atoms with van der Waals surface area (Å²) in [6.45, 7) is 5.51. The normalized spacial score (nSPS) is 22.3. The summed E-state index contributed by atoms with van der Waals surface area (Å²) in [5.41, 5.74) is 10.2. The molecule has 0 radical (unpaired) electrons. The third-order valence-electron chi connectivity index (χ3n) is 3.62. The summed E-state index contributed by atoms with van der Waals surface area (Å²) in [7, 11) is 1.75. The molecule has 0 saturated carbocycles. The lowest BCUT2D eigenvalue weighted by Gasteiger charge is -2.33. The number of carbonyl (C=O) groups excluding carboxylic acids is 1. The van der Waals surface area contributed by atoms with E-state index in [1.807, 2.05) is 0 Å². The van der Waals surface area contributed by atoms with Gasteiger partial charge in [0.15, 0.2) is 0 Å². The van der Waals surface area contributed by atoms with Crippen molar-refractivity contribution < 1.29 is 9.53 Å². The van der Waals surface area contributed by atoms with Crippen LogP contribution in [-0.2, 0) is 9.53 Å². The molecule has 1 atom stereocenters. The van der Waals surface area contributed by atoms with E-state index >= 15 is 0 Å². The van der Waals surface area contributed by atoms with Crippen molar-refractivity contribution in [1.29, 1.82) is 0 Å². The quantitative estimate of drug-likeness (QED) is 0.684. The first kappa shape index (κ1) is 14.4. The number of ether oxygens (including phenoxy) is 1. The Morgan fingerprint density at radius 2 is 2.06 bits per heavy atom. The molecule has 5 heteroatoms. The number of carbonyl (C=O) groups is 1. The van der Waals surface area contributed by atoms with E-state index in [9.17, 15) is 4.79 Å². The summed E-state index contributed by atoms with van der Waals surface area (Å²) >= 11 is 0. The van der Waals surface area contributed by atoms with Gasteiger partial charge in [0.1, 0.15) is 0 Å². The Bertz CT molecular complexity index is 248. The summed E-state index contributed by atoms with van der Waals surface area (Å²) in [5.74, 6) is 0.253. The van der Waals surface area contributed by atoms with Gasteiger partial charge < -0.3 is 21.1 Å². The predicted octanol–water partition coefficient (Wildman–Crippen LogP) is -0.0624. The standard InChI is InChI=1S/C12H25N3O2/c1-12(14,11(13)16)5-8-15-6-3-10(4-7-15)9-17-2/h10H,3-9,14H2,1-2H3,(H2,13,16). The van der Waals surface area contributed by atoms with Gasteiger partial charge in [0.2, 0.25) is 5.91 Å². The number of primary amides is 1. The topological polar surface area (TPSA) is 81.6 Å². The lowest BCUT2D eigenvalue weighted by molar-refractivity contribution is -0.122. The fraction of sp³-hybridized carbons (Fsp3) is 0.917. The summed E-state index contributed by atoms with van der Waals surface area (Å²) < 4.78 is 5.16. The van der Waals surface area contributed by atoms with E-state index in [2.05, 4.69) is 4.90 Å². The minimum absolute atomic E-state index is 0.424. The Morgan fingerprint density at radius 3 is 2.53 bits per heavy atom. The molecule has 0 aromatic rings. The van der Waals surface area contributed by atoms with Gasteiger partial charge >= 0.3 is 0 Å². The van der Waals surface area contributed by atoms with Gasteiger partial charge in [-0.15, -0.1) is 0 Å². The van der Waals surface area contributed by atoms with Gasteiger partial charge in [0, 0.05) is 20.3 Å². The molecule has 5 nitrogen and oxygen atoms in total. The van der Waals surface area contributed by atoms with Gasteiger partial charge in [-0.3, -0.25) is 4.79 Å². The van der Waals surface area contributed by atoms with Crippen LogP contribution < -0.4 is 11.5 Å². The van der Waals surface area contributed by atoms with E-state index in [1.54, 1.807) is 14.0 Å².